The van der Waals surface area contributed by atoms with E-state index in [0.717, 1.165) is 22.3 Å². The number of rotatable bonds is 17. The Kier molecular flexibility index (Phi) is 15.5. The fraction of sp³-hybridized carbons (Fsp3) is 0.289. The number of carboxylic acids is 2. The van der Waals surface area contributed by atoms with Crippen molar-refractivity contribution in [2.45, 2.75) is 33.3 Å². The van der Waals surface area contributed by atoms with Gasteiger partial charge in [-0.1, -0.05) is 54.6 Å². The number of methoxy groups -OCH3 is 8. The molecule has 0 fully saturated rings. The molecule has 0 aliphatic heterocycles. The van der Waals surface area contributed by atoms with Crippen molar-refractivity contribution in [1.29, 1.82) is 0 Å². The zero-order valence-electron chi connectivity index (χ0n) is 34.8. The monoisotopic (exact) mass is 814 g/mol. The van der Waals surface area contributed by atoms with Crippen LogP contribution in [0.3, 0.4) is 0 Å². The van der Waals surface area contributed by atoms with Crippen LogP contribution in [-0.4, -0.2) is 84.1 Å². The van der Waals surface area contributed by atoms with E-state index in [1.807, 2.05) is 50.2 Å². The number of phenols is 1. The number of hydrogen-bond acceptors (Lipinski definition) is 12. The summed E-state index contributed by atoms with van der Waals surface area (Å²) in [4.78, 5) is 23.2. The van der Waals surface area contributed by atoms with E-state index in [-0.39, 0.29) is 29.9 Å². The van der Waals surface area contributed by atoms with Gasteiger partial charge in [0, 0.05) is 35.1 Å². The topological polar surface area (TPSA) is 178 Å². The van der Waals surface area contributed by atoms with Crippen LogP contribution < -0.4 is 42.6 Å². The van der Waals surface area contributed by atoms with Crippen molar-refractivity contribution >= 4 is 11.9 Å². The molecule has 0 aromatic heterocycles. The normalized spacial score (nSPS) is 10.4. The van der Waals surface area contributed by atoms with Gasteiger partial charge in [-0.2, -0.15) is 0 Å². The molecule has 59 heavy (non-hydrogen) atoms. The second kappa shape index (κ2) is 20.5. The average molecular weight is 815 g/mol. The molecule has 3 N–H and O–H groups in total. The highest BCUT2D eigenvalue weighted by Crippen LogP contribution is 2.51. The fourth-order valence-corrected chi connectivity index (χ4v) is 6.81. The highest BCUT2D eigenvalue weighted by atomic mass is 16.6. The Labute approximate surface area is 343 Å². The number of carboxylic acid groups (broad SMARTS) is 2. The third kappa shape index (κ3) is 9.44. The van der Waals surface area contributed by atoms with Gasteiger partial charge in [-0.15, -0.1) is 0 Å². The molecular formula is C45H50O14. The van der Waals surface area contributed by atoms with Crippen LogP contribution >= 0.6 is 0 Å². The Hall–Kier alpha value is -6.96. The molecule has 5 rings (SSSR count). The van der Waals surface area contributed by atoms with Crippen molar-refractivity contribution in [3.05, 3.63) is 117 Å². The lowest BCUT2D eigenvalue weighted by molar-refractivity contribution is 0.0681. The summed E-state index contributed by atoms with van der Waals surface area (Å²) in [5, 5.41) is 29.3. The molecule has 0 spiro atoms. The van der Waals surface area contributed by atoms with Crippen molar-refractivity contribution in [1.82, 2.24) is 0 Å². The summed E-state index contributed by atoms with van der Waals surface area (Å²) in [6.07, 6.45) is 0.551. The summed E-state index contributed by atoms with van der Waals surface area (Å²) < 4.78 is 50.3. The van der Waals surface area contributed by atoms with E-state index in [0.29, 0.717) is 74.9 Å². The maximum atomic E-state index is 12.0. The van der Waals surface area contributed by atoms with E-state index >= 15 is 0 Å². The number of hydrogen-bond donors (Lipinski definition) is 3. The van der Waals surface area contributed by atoms with Crippen LogP contribution in [0.25, 0.3) is 0 Å². The van der Waals surface area contributed by atoms with Crippen LogP contribution in [0.1, 0.15) is 59.7 Å². The van der Waals surface area contributed by atoms with Crippen molar-refractivity contribution in [3.8, 4) is 57.5 Å². The number of aromatic carboxylic acids is 2. The Morgan fingerprint density at radius 1 is 0.458 bits per heavy atom. The molecule has 0 aliphatic rings. The molecular weight excluding hydrogens is 764 g/mol. The Morgan fingerprint density at radius 2 is 0.847 bits per heavy atom. The zero-order valence-corrected chi connectivity index (χ0v) is 34.8. The minimum Gasteiger partial charge on any atom is -0.507 e. The number of para-hydroxylation sites is 2. The van der Waals surface area contributed by atoms with Gasteiger partial charge >= 0.3 is 11.9 Å². The summed E-state index contributed by atoms with van der Waals surface area (Å²) in [6.45, 7) is 3.96. The van der Waals surface area contributed by atoms with Gasteiger partial charge < -0.3 is 58.0 Å². The number of aromatic hydroxyl groups is 1. The van der Waals surface area contributed by atoms with Crippen LogP contribution in [0.15, 0.2) is 66.7 Å². The Morgan fingerprint density at radius 3 is 1.27 bits per heavy atom. The van der Waals surface area contributed by atoms with Crippen molar-refractivity contribution < 1.29 is 67.5 Å². The van der Waals surface area contributed by atoms with Gasteiger partial charge in [0.05, 0.1) is 56.9 Å². The van der Waals surface area contributed by atoms with Gasteiger partial charge in [-0.3, -0.25) is 0 Å². The predicted molar refractivity (Wildman–Crippen MR) is 220 cm³/mol. The van der Waals surface area contributed by atoms with E-state index in [4.69, 9.17) is 42.6 Å². The van der Waals surface area contributed by atoms with Crippen molar-refractivity contribution in [2.24, 2.45) is 0 Å². The minimum absolute atomic E-state index is 0.0903. The maximum Gasteiger partial charge on any atom is 0.339 e. The molecule has 0 atom stereocenters. The SMILES string of the molecule is COc1c(C)c(Cc2cccc(C(=O)O)c2O)c(OC)c(OC)c1OC.COc1c(C)c(Cc2cccc(C(=O)O)c2OCc2ccccc2)c(OC)c(OC)c1OC. The number of benzene rings is 5. The van der Waals surface area contributed by atoms with Gasteiger partial charge in [0.2, 0.25) is 23.0 Å². The summed E-state index contributed by atoms with van der Waals surface area (Å²) in [5.41, 5.74) is 5.01. The fourth-order valence-electron chi connectivity index (χ4n) is 6.81. The molecule has 0 radical (unpaired) electrons. The Balaban J connectivity index is 0.000000268. The first-order valence-corrected chi connectivity index (χ1v) is 18.1. The van der Waals surface area contributed by atoms with Gasteiger partial charge in [0.1, 0.15) is 29.2 Å². The molecule has 0 saturated carbocycles. The lowest BCUT2D eigenvalue weighted by Gasteiger charge is -2.22. The van der Waals surface area contributed by atoms with Crippen LogP contribution in [-0.2, 0) is 19.4 Å². The van der Waals surface area contributed by atoms with E-state index in [1.165, 1.54) is 54.8 Å². The number of ether oxygens (including phenoxy) is 9. The quantitative estimate of drug-likeness (QED) is 0.0825. The molecule has 0 saturated heterocycles. The average Bonchev–Trinajstić information content (AvgIpc) is 3.24. The summed E-state index contributed by atoms with van der Waals surface area (Å²) in [5.74, 6) is 1.28. The standard InChI is InChI=1S/C26H28O7.C19H22O7/c1-16-20(23(30-3)25(32-5)24(31-4)21(16)29-2)14-18-12-9-13-19(26(27)28)22(18)33-15-17-10-7-6-8-11-17;1-10-13(9-11-7-6-8-12(14(11)20)19(21)22)16(24-3)18(26-5)17(25-4)15(10)23-2/h6-13H,14-15H2,1-5H3,(H,27,28);6-8,20H,9H2,1-5H3,(H,21,22). The zero-order chi connectivity index (χ0) is 43.4. The predicted octanol–water partition coefficient (Wildman–Crippen LogP) is 7.92. The van der Waals surface area contributed by atoms with Gasteiger partial charge in [-0.25, -0.2) is 9.59 Å². The van der Waals surface area contributed by atoms with Crippen LogP contribution in [0.2, 0.25) is 0 Å². The molecule has 0 aliphatic carbocycles. The largest absolute Gasteiger partial charge is 0.507 e. The first kappa shape index (κ1) is 44.8. The summed E-state index contributed by atoms with van der Waals surface area (Å²) >= 11 is 0. The highest BCUT2D eigenvalue weighted by molar-refractivity contribution is 5.92. The van der Waals surface area contributed by atoms with Crippen LogP contribution in [0, 0.1) is 13.8 Å². The lowest BCUT2D eigenvalue weighted by atomic mass is 9.95. The van der Waals surface area contributed by atoms with Gasteiger partial charge in [0.25, 0.3) is 0 Å². The first-order chi connectivity index (χ1) is 28.4. The molecule has 5 aromatic carbocycles. The summed E-state index contributed by atoms with van der Waals surface area (Å²) in [7, 11) is 12.2. The van der Waals surface area contributed by atoms with E-state index in [9.17, 15) is 24.9 Å². The molecule has 0 bridgehead atoms. The molecule has 0 unspecified atom stereocenters. The highest BCUT2D eigenvalue weighted by Gasteiger charge is 2.28. The first-order valence-electron chi connectivity index (χ1n) is 18.1. The third-order valence-electron chi connectivity index (χ3n) is 9.64. The molecule has 0 heterocycles. The second-order valence-electron chi connectivity index (χ2n) is 12.8. The van der Waals surface area contributed by atoms with Gasteiger partial charge in [-0.05, 0) is 42.7 Å². The molecule has 14 heteroatoms. The smallest absolute Gasteiger partial charge is 0.339 e. The second-order valence-corrected chi connectivity index (χ2v) is 12.8. The Bertz CT molecular complexity index is 2270. The van der Waals surface area contributed by atoms with E-state index < -0.39 is 11.9 Å². The van der Waals surface area contributed by atoms with Crippen molar-refractivity contribution in [2.75, 3.05) is 56.9 Å². The lowest BCUT2D eigenvalue weighted by Crippen LogP contribution is -2.09. The minimum atomic E-state index is -1.20. The summed E-state index contributed by atoms with van der Waals surface area (Å²) in [6, 6.07) is 19.3. The molecule has 5 aromatic rings. The number of carbonyl (C=O) groups is 2. The van der Waals surface area contributed by atoms with E-state index in [2.05, 4.69) is 0 Å². The van der Waals surface area contributed by atoms with Crippen molar-refractivity contribution in [3.63, 3.8) is 0 Å². The maximum absolute atomic E-state index is 12.0. The third-order valence-corrected chi connectivity index (χ3v) is 9.64. The van der Waals surface area contributed by atoms with Gasteiger partial charge in [0.15, 0.2) is 23.0 Å². The van der Waals surface area contributed by atoms with Crippen LogP contribution in [0.5, 0.6) is 57.5 Å². The molecule has 0 amide bonds. The van der Waals surface area contributed by atoms with E-state index in [1.54, 1.807) is 32.4 Å². The molecule has 314 valence electrons. The molecule has 14 nitrogen and oxygen atoms in total. The van der Waals surface area contributed by atoms with Crippen LogP contribution in [0.4, 0.5) is 0 Å².